The first-order valence-electron chi connectivity index (χ1n) is 6.57. The highest BCUT2D eigenvalue weighted by atomic mass is 16.5. The predicted octanol–water partition coefficient (Wildman–Crippen LogP) is 2.24. The Hall–Kier alpha value is -1.88. The van der Waals surface area contributed by atoms with Crippen LogP contribution in [0.2, 0.25) is 0 Å². The minimum absolute atomic E-state index is 0.0522. The number of methoxy groups -OCH3 is 1. The van der Waals surface area contributed by atoms with Crippen LogP contribution in [0.15, 0.2) is 18.2 Å². The van der Waals surface area contributed by atoms with Crippen molar-refractivity contribution in [1.82, 2.24) is 0 Å². The normalized spacial score (nSPS) is 17.9. The smallest absolute Gasteiger partial charge is 0.270 e. The van der Waals surface area contributed by atoms with E-state index in [2.05, 4.69) is 0 Å². The molecule has 1 unspecified atom stereocenters. The second-order valence-electron chi connectivity index (χ2n) is 5.21. The van der Waals surface area contributed by atoms with E-state index in [0.717, 1.165) is 0 Å². The molecule has 5 heteroatoms. The first-order chi connectivity index (χ1) is 9.45. The summed E-state index contributed by atoms with van der Waals surface area (Å²) < 4.78 is 10.9. The molecule has 20 heavy (non-hydrogen) atoms. The summed E-state index contributed by atoms with van der Waals surface area (Å²) in [4.78, 5) is 25.4. The van der Waals surface area contributed by atoms with E-state index in [1.165, 1.54) is 18.9 Å². The van der Waals surface area contributed by atoms with Gasteiger partial charge < -0.3 is 9.47 Å². The molecule has 1 aromatic carbocycles. The van der Waals surface area contributed by atoms with Crippen molar-refractivity contribution in [3.8, 4) is 5.75 Å². The fraction of sp³-hybridized carbons (Fsp3) is 0.467. The van der Waals surface area contributed by atoms with Crippen LogP contribution in [0.4, 0.5) is 5.69 Å². The molecular formula is C15H19NO4. The van der Waals surface area contributed by atoms with Crippen LogP contribution in [0.5, 0.6) is 5.75 Å². The third kappa shape index (κ3) is 2.54. The minimum Gasteiger partial charge on any atom is -0.478 e. The molecule has 1 atom stereocenters. The summed E-state index contributed by atoms with van der Waals surface area (Å²) in [6, 6.07) is 5.11. The minimum atomic E-state index is -0.527. The fourth-order valence-corrected chi connectivity index (χ4v) is 2.19. The van der Waals surface area contributed by atoms with Gasteiger partial charge in [0.15, 0.2) is 11.9 Å². The van der Waals surface area contributed by atoms with Gasteiger partial charge in [0.2, 0.25) is 0 Å². The number of amides is 1. The van der Waals surface area contributed by atoms with Crippen LogP contribution >= 0.6 is 0 Å². The van der Waals surface area contributed by atoms with Crippen molar-refractivity contribution in [3.63, 3.8) is 0 Å². The Morgan fingerprint density at radius 1 is 1.45 bits per heavy atom. The number of fused-ring (bicyclic) bond motifs is 1. The number of benzene rings is 1. The Bertz CT molecular complexity index is 539. The summed E-state index contributed by atoms with van der Waals surface area (Å²) in [5.74, 6) is 0.464. The summed E-state index contributed by atoms with van der Waals surface area (Å²) in [6.45, 7) is 5.50. The Morgan fingerprint density at radius 2 is 2.15 bits per heavy atom. The molecular weight excluding hydrogens is 258 g/mol. The van der Waals surface area contributed by atoms with Gasteiger partial charge in [0.25, 0.3) is 5.91 Å². The van der Waals surface area contributed by atoms with E-state index in [1.54, 1.807) is 18.2 Å². The van der Waals surface area contributed by atoms with Crippen LogP contribution in [0, 0.1) is 5.92 Å². The topological polar surface area (TPSA) is 55.8 Å². The van der Waals surface area contributed by atoms with Crippen LogP contribution in [0.3, 0.4) is 0 Å². The second-order valence-corrected chi connectivity index (χ2v) is 5.21. The van der Waals surface area contributed by atoms with Gasteiger partial charge in [-0.05, 0) is 31.0 Å². The van der Waals surface area contributed by atoms with Gasteiger partial charge in [-0.25, -0.2) is 0 Å². The maximum Gasteiger partial charge on any atom is 0.270 e. The van der Waals surface area contributed by atoms with Gasteiger partial charge in [0.1, 0.15) is 12.5 Å². The highest BCUT2D eigenvalue weighted by molar-refractivity contribution is 6.02. The van der Waals surface area contributed by atoms with Gasteiger partial charge in [0.05, 0.1) is 5.69 Å². The lowest BCUT2D eigenvalue weighted by atomic mass is 10.0. The van der Waals surface area contributed by atoms with Crippen LogP contribution in [-0.4, -0.2) is 31.6 Å². The number of rotatable bonds is 4. The summed E-state index contributed by atoms with van der Waals surface area (Å²) in [6.07, 6.45) is -0.527. The van der Waals surface area contributed by atoms with E-state index < -0.39 is 6.10 Å². The van der Waals surface area contributed by atoms with Crippen molar-refractivity contribution in [3.05, 3.63) is 23.8 Å². The number of ether oxygens (including phenoxy) is 2. The van der Waals surface area contributed by atoms with Crippen LogP contribution < -0.4 is 9.64 Å². The maximum atomic E-state index is 12.4. The third-order valence-electron chi connectivity index (χ3n) is 3.28. The molecule has 0 spiro atoms. The van der Waals surface area contributed by atoms with Gasteiger partial charge in [-0.3, -0.25) is 14.5 Å². The molecule has 1 aliphatic heterocycles. The number of hydrogen-bond acceptors (Lipinski definition) is 4. The van der Waals surface area contributed by atoms with E-state index in [-0.39, 0.29) is 24.3 Å². The number of nitrogens with zero attached hydrogens (tertiary/aromatic N) is 1. The number of carbonyl (C=O) groups excluding carboxylic acids is 2. The first kappa shape index (κ1) is 14.5. The zero-order chi connectivity index (χ0) is 14.9. The van der Waals surface area contributed by atoms with E-state index in [1.807, 2.05) is 13.8 Å². The molecule has 0 saturated carbocycles. The molecule has 0 aromatic heterocycles. The van der Waals surface area contributed by atoms with Crippen LogP contribution in [0.1, 0.15) is 31.1 Å². The standard InChI is InChI=1S/C15H19NO4/c1-9(2)14-15(18)16(8-19-4)12-7-11(10(3)17)5-6-13(12)20-14/h5-7,9,14H,8H2,1-4H3. The molecule has 0 saturated heterocycles. The average molecular weight is 277 g/mol. The average Bonchev–Trinajstić information content (AvgIpc) is 2.40. The van der Waals surface area contributed by atoms with Gasteiger partial charge in [-0.15, -0.1) is 0 Å². The molecule has 1 amide bonds. The van der Waals surface area contributed by atoms with E-state index in [4.69, 9.17) is 9.47 Å². The van der Waals surface area contributed by atoms with Gasteiger partial charge in [-0.1, -0.05) is 13.8 Å². The Kier molecular flexibility index (Phi) is 4.09. The molecule has 5 nitrogen and oxygen atoms in total. The first-order valence-corrected chi connectivity index (χ1v) is 6.57. The number of Topliss-reactive ketones (excluding diaryl/α,β-unsaturated/α-hetero) is 1. The Morgan fingerprint density at radius 3 is 2.70 bits per heavy atom. The zero-order valence-corrected chi connectivity index (χ0v) is 12.2. The van der Waals surface area contributed by atoms with Crippen molar-refractivity contribution < 1.29 is 19.1 Å². The lowest BCUT2D eigenvalue weighted by molar-refractivity contribution is -0.129. The number of anilines is 1. The van der Waals surface area contributed by atoms with Crippen molar-refractivity contribution in [2.45, 2.75) is 26.9 Å². The quantitative estimate of drug-likeness (QED) is 0.792. The molecule has 1 aromatic rings. The van der Waals surface area contributed by atoms with E-state index >= 15 is 0 Å². The monoisotopic (exact) mass is 277 g/mol. The van der Waals surface area contributed by atoms with Crippen molar-refractivity contribution in [1.29, 1.82) is 0 Å². The molecule has 108 valence electrons. The Balaban J connectivity index is 2.48. The predicted molar refractivity (Wildman–Crippen MR) is 75.1 cm³/mol. The lowest BCUT2D eigenvalue weighted by Gasteiger charge is -2.35. The molecule has 0 aliphatic carbocycles. The third-order valence-corrected chi connectivity index (χ3v) is 3.28. The van der Waals surface area contributed by atoms with E-state index in [9.17, 15) is 9.59 Å². The van der Waals surface area contributed by atoms with Crippen LogP contribution in [-0.2, 0) is 9.53 Å². The largest absolute Gasteiger partial charge is 0.478 e. The number of hydrogen-bond donors (Lipinski definition) is 0. The molecule has 2 rings (SSSR count). The van der Waals surface area contributed by atoms with Crippen molar-refractivity contribution in [2.75, 3.05) is 18.7 Å². The molecule has 1 heterocycles. The molecule has 0 bridgehead atoms. The molecule has 1 aliphatic rings. The molecule has 0 radical (unpaired) electrons. The summed E-state index contributed by atoms with van der Waals surface area (Å²) >= 11 is 0. The summed E-state index contributed by atoms with van der Waals surface area (Å²) in [7, 11) is 1.53. The highest BCUT2D eigenvalue weighted by Gasteiger charge is 2.36. The van der Waals surface area contributed by atoms with Crippen molar-refractivity contribution >= 4 is 17.4 Å². The van der Waals surface area contributed by atoms with E-state index in [0.29, 0.717) is 17.0 Å². The summed E-state index contributed by atoms with van der Waals surface area (Å²) in [5, 5.41) is 0. The Labute approximate surface area is 118 Å². The van der Waals surface area contributed by atoms with Crippen molar-refractivity contribution in [2.24, 2.45) is 5.92 Å². The molecule has 0 fully saturated rings. The summed E-state index contributed by atoms with van der Waals surface area (Å²) in [5.41, 5.74) is 1.13. The zero-order valence-electron chi connectivity index (χ0n) is 12.2. The maximum absolute atomic E-state index is 12.4. The second kappa shape index (κ2) is 5.63. The fourth-order valence-electron chi connectivity index (χ4n) is 2.19. The lowest BCUT2D eigenvalue weighted by Crippen LogP contribution is -2.49. The number of carbonyl (C=O) groups is 2. The van der Waals surface area contributed by atoms with Gasteiger partial charge >= 0.3 is 0 Å². The van der Waals surface area contributed by atoms with Crippen LogP contribution in [0.25, 0.3) is 0 Å². The van der Waals surface area contributed by atoms with Gasteiger partial charge in [-0.2, -0.15) is 0 Å². The number of ketones is 1. The molecule has 0 N–H and O–H groups in total. The van der Waals surface area contributed by atoms with Gasteiger partial charge in [0, 0.05) is 12.7 Å². The SMILES string of the molecule is COCN1C(=O)C(C(C)C)Oc2ccc(C(C)=O)cc21. The highest BCUT2D eigenvalue weighted by Crippen LogP contribution is 2.36.